The Morgan fingerprint density at radius 3 is 2.55 bits per heavy atom. The molecule has 2 N–H and O–H groups in total. The maximum atomic E-state index is 11.9. The van der Waals surface area contributed by atoms with Gasteiger partial charge in [0.2, 0.25) is 0 Å². The molecule has 0 aliphatic carbocycles. The molecule has 0 atom stereocenters. The summed E-state index contributed by atoms with van der Waals surface area (Å²) in [6.07, 6.45) is 1.56. The highest BCUT2D eigenvalue weighted by Crippen LogP contribution is 2.02. The number of fused-ring (bicyclic) bond motifs is 1. The standard InChI is InChI=1S/C12H19N5O2.ClH/c1-4-16(5-2)6-7-17-10-9(15(3)8-13-10)11(18)14-12(17)19;/h8H,4-7H2,1-3H3,(H,14,18,19);1H. The Hall–Kier alpha value is -1.60. The molecule has 0 aliphatic rings. The zero-order valence-corrected chi connectivity index (χ0v) is 12.7. The van der Waals surface area contributed by atoms with Crippen molar-refractivity contribution in [3.05, 3.63) is 27.2 Å². The maximum absolute atomic E-state index is 11.9. The van der Waals surface area contributed by atoms with Crippen molar-refractivity contribution in [2.75, 3.05) is 19.6 Å². The molecule has 8 heteroatoms. The van der Waals surface area contributed by atoms with Gasteiger partial charge in [0.05, 0.1) is 32.5 Å². The number of aryl methyl sites for hydroxylation is 1. The van der Waals surface area contributed by atoms with Crippen LogP contribution in [0, 0.1) is 0 Å². The molecule has 0 fully saturated rings. The van der Waals surface area contributed by atoms with Gasteiger partial charge in [-0.3, -0.25) is 14.3 Å². The molecular weight excluding hydrogens is 282 g/mol. The number of aromatic amines is 1. The molecule has 20 heavy (non-hydrogen) atoms. The fourth-order valence-corrected chi connectivity index (χ4v) is 2.28. The Balaban J connectivity index is 0.00000200. The fraction of sp³-hybridized carbons (Fsp3) is 0.583. The molecule has 0 unspecified atom stereocenters. The van der Waals surface area contributed by atoms with E-state index in [4.69, 9.17) is 0 Å². The molecule has 0 aliphatic heterocycles. The fourth-order valence-electron chi connectivity index (χ4n) is 2.28. The van der Waals surface area contributed by atoms with Crippen LogP contribution in [0.1, 0.15) is 13.8 Å². The number of nitrogens with one attached hydrogen (secondary N) is 2. The Bertz CT molecular complexity index is 683. The van der Waals surface area contributed by atoms with E-state index in [-0.39, 0.29) is 23.7 Å². The second kappa shape index (κ2) is 6.71. The van der Waals surface area contributed by atoms with E-state index >= 15 is 0 Å². The van der Waals surface area contributed by atoms with Crippen LogP contribution >= 0.6 is 0 Å². The zero-order chi connectivity index (χ0) is 14.0. The van der Waals surface area contributed by atoms with E-state index in [0.717, 1.165) is 19.6 Å². The Morgan fingerprint density at radius 1 is 1.30 bits per heavy atom. The van der Waals surface area contributed by atoms with Gasteiger partial charge in [0, 0.05) is 7.05 Å². The Morgan fingerprint density at radius 2 is 1.95 bits per heavy atom. The first-order chi connectivity index (χ1) is 9.08. The molecule has 112 valence electrons. The van der Waals surface area contributed by atoms with Crippen molar-refractivity contribution in [3.8, 4) is 0 Å². The SMILES string of the molecule is CC[NH+](CC)CCn1c(=O)[nH]c(=O)c2c1ncn2C.[Cl-]. The lowest BCUT2D eigenvalue weighted by Gasteiger charge is -2.15. The van der Waals surface area contributed by atoms with E-state index in [1.807, 2.05) is 0 Å². The highest BCUT2D eigenvalue weighted by Gasteiger charge is 2.13. The number of nitrogens with zero attached hydrogens (tertiary/aromatic N) is 3. The molecular formula is C12H20ClN5O2. The average Bonchev–Trinajstić information content (AvgIpc) is 2.76. The number of H-pyrrole nitrogens is 1. The molecule has 0 saturated carbocycles. The largest absolute Gasteiger partial charge is 1.00 e. The Labute approximate surface area is 122 Å². The van der Waals surface area contributed by atoms with Gasteiger partial charge in [0.15, 0.2) is 11.2 Å². The molecule has 0 spiro atoms. The molecule has 0 saturated heterocycles. The quantitative estimate of drug-likeness (QED) is 0.583. The van der Waals surface area contributed by atoms with Crippen molar-refractivity contribution < 1.29 is 17.3 Å². The summed E-state index contributed by atoms with van der Waals surface area (Å²) in [7, 11) is 1.75. The van der Waals surface area contributed by atoms with Crippen LogP contribution in [0.3, 0.4) is 0 Å². The lowest BCUT2D eigenvalue weighted by Crippen LogP contribution is -3.11. The minimum absolute atomic E-state index is 0. The van der Waals surface area contributed by atoms with Gasteiger partial charge in [-0.15, -0.1) is 0 Å². The summed E-state index contributed by atoms with van der Waals surface area (Å²) in [5, 5.41) is 0. The molecule has 2 rings (SSSR count). The summed E-state index contributed by atoms with van der Waals surface area (Å²) in [4.78, 5) is 31.6. The molecule has 2 aromatic heterocycles. The lowest BCUT2D eigenvalue weighted by molar-refractivity contribution is -0.897. The van der Waals surface area contributed by atoms with E-state index in [0.29, 0.717) is 17.7 Å². The summed E-state index contributed by atoms with van der Waals surface area (Å²) in [5.41, 5.74) is 0.131. The monoisotopic (exact) mass is 301 g/mol. The van der Waals surface area contributed by atoms with Gasteiger partial charge >= 0.3 is 5.69 Å². The predicted octanol–water partition coefficient (Wildman–Crippen LogP) is -4.65. The van der Waals surface area contributed by atoms with Gasteiger partial charge in [0.1, 0.15) is 0 Å². The van der Waals surface area contributed by atoms with Gasteiger partial charge < -0.3 is 21.9 Å². The third kappa shape index (κ3) is 2.94. The molecule has 0 bridgehead atoms. The second-order valence-corrected chi connectivity index (χ2v) is 4.65. The number of hydrogen-bond acceptors (Lipinski definition) is 3. The van der Waals surface area contributed by atoms with Crippen molar-refractivity contribution in [2.45, 2.75) is 20.4 Å². The van der Waals surface area contributed by atoms with Crippen LogP contribution in [0.2, 0.25) is 0 Å². The molecule has 2 heterocycles. The van der Waals surface area contributed by atoms with Crippen molar-refractivity contribution in [1.82, 2.24) is 19.1 Å². The summed E-state index contributed by atoms with van der Waals surface area (Å²) in [5.74, 6) is 0. The van der Waals surface area contributed by atoms with E-state index in [9.17, 15) is 9.59 Å². The van der Waals surface area contributed by atoms with Crippen LogP contribution in [0.25, 0.3) is 11.2 Å². The van der Waals surface area contributed by atoms with Crippen LogP contribution in [-0.2, 0) is 13.6 Å². The number of hydrogen-bond donors (Lipinski definition) is 2. The van der Waals surface area contributed by atoms with Crippen molar-refractivity contribution in [1.29, 1.82) is 0 Å². The summed E-state index contributed by atoms with van der Waals surface area (Å²) < 4.78 is 3.18. The van der Waals surface area contributed by atoms with Crippen LogP contribution in [0.4, 0.5) is 0 Å². The van der Waals surface area contributed by atoms with Crippen LogP contribution in [-0.4, -0.2) is 38.7 Å². The number of likely N-dealkylation sites (N-methyl/N-ethyl adjacent to an activating group) is 1. The molecule has 7 nitrogen and oxygen atoms in total. The zero-order valence-electron chi connectivity index (χ0n) is 11.9. The minimum Gasteiger partial charge on any atom is -1.00 e. The Kier molecular flexibility index (Phi) is 5.52. The van der Waals surface area contributed by atoms with Gasteiger partial charge in [-0.1, -0.05) is 0 Å². The molecule has 0 radical (unpaired) electrons. The van der Waals surface area contributed by atoms with Crippen LogP contribution in [0.5, 0.6) is 0 Å². The van der Waals surface area contributed by atoms with Crippen LogP contribution in [0.15, 0.2) is 15.9 Å². The first-order valence-corrected chi connectivity index (χ1v) is 6.56. The summed E-state index contributed by atoms with van der Waals surface area (Å²) in [6.45, 7) is 7.65. The normalized spacial score (nSPS) is 11.0. The van der Waals surface area contributed by atoms with Gasteiger partial charge in [-0.05, 0) is 13.8 Å². The van der Waals surface area contributed by atoms with Crippen LogP contribution < -0.4 is 28.6 Å². The number of rotatable bonds is 5. The lowest BCUT2D eigenvalue weighted by atomic mass is 10.4. The minimum atomic E-state index is -0.386. The van der Waals surface area contributed by atoms with E-state index in [1.54, 1.807) is 22.5 Å². The molecule has 0 aromatic carbocycles. The van der Waals surface area contributed by atoms with Gasteiger partial charge in [-0.25, -0.2) is 9.78 Å². The smallest absolute Gasteiger partial charge is 0.330 e. The number of quaternary nitrogens is 1. The number of aromatic nitrogens is 4. The predicted molar refractivity (Wildman–Crippen MR) is 72.5 cm³/mol. The summed E-state index contributed by atoms with van der Waals surface area (Å²) >= 11 is 0. The summed E-state index contributed by atoms with van der Waals surface area (Å²) in [6, 6.07) is 0. The van der Waals surface area contributed by atoms with Crippen molar-refractivity contribution >= 4 is 11.2 Å². The van der Waals surface area contributed by atoms with Crippen molar-refractivity contribution in [3.63, 3.8) is 0 Å². The third-order valence-electron chi connectivity index (χ3n) is 3.54. The highest BCUT2D eigenvalue weighted by atomic mass is 35.5. The van der Waals surface area contributed by atoms with Crippen molar-refractivity contribution in [2.24, 2.45) is 7.05 Å². The highest BCUT2D eigenvalue weighted by molar-refractivity contribution is 5.69. The number of halogens is 1. The molecule has 2 aromatic rings. The van der Waals surface area contributed by atoms with E-state index in [1.165, 1.54) is 4.90 Å². The average molecular weight is 302 g/mol. The second-order valence-electron chi connectivity index (χ2n) is 4.65. The first-order valence-electron chi connectivity index (χ1n) is 6.56. The number of imidazole rings is 1. The first kappa shape index (κ1) is 16.5. The molecule has 0 amide bonds. The van der Waals surface area contributed by atoms with E-state index in [2.05, 4.69) is 23.8 Å². The van der Waals surface area contributed by atoms with Gasteiger partial charge in [-0.2, -0.15) is 0 Å². The maximum Gasteiger partial charge on any atom is 0.330 e. The van der Waals surface area contributed by atoms with Gasteiger partial charge in [0.25, 0.3) is 5.56 Å². The van der Waals surface area contributed by atoms with E-state index < -0.39 is 0 Å². The third-order valence-corrected chi connectivity index (χ3v) is 3.54. The topological polar surface area (TPSA) is 77.1 Å².